The van der Waals surface area contributed by atoms with E-state index >= 15 is 0 Å². The third kappa shape index (κ3) is 7.76. The Hall–Kier alpha value is -4.81. The SMILES string of the molecule is CONC(=O)Nc1ccc(-c2sc3c(c2CN(C)CCN(C)S(C)(=O)=O)c(=O)n(-c2ccccn2)c(=O)n3Cc2c(F)cccc2F)cc1. The zero-order valence-corrected chi connectivity index (χ0v) is 28.6. The number of urea groups is 1. The smallest absolute Gasteiger partial charge is 0.306 e. The number of benzene rings is 2. The highest BCUT2D eigenvalue weighted by Gasteiger charge is 2.26. The zero-order chi connectivity index (χ0) is 35.5. The van der Waals surface area contributed by atoms with Gasteiger partial charge in [0.05, 0.1) is 25.3 Å². The number of anilines is 1. The van der Waals surface area contributed by atoms with Crippen molar-refractivity contribution in [2.24, 2.45) is 0 Å². The predicted molar refractivity (Wildman–Crippen MR) is 183 cm³/mol. The van der Waals surface area contributed by atoms with E-state index in [2.05, 4.69) is 20.6 Å². The number of likely N-dealkylation sites (N-methyl/N-ethyl adjacent to an activating group) is 2. The third-order valence-electron chi connectivity index (χ3n) is 7.72. The lowest BCUT2D eigenvalue weighted by Crippen LogP contribution is -2.40. The lowest BCUT2D eigenvalue weighted by Gasteiger charge is -2.21. The monoisotopic (exact) mass is 713 g/mol. The molecular formula is C32H33F2N7O6S2. The summed E-state index contributed by atoms with van der Waals surface area (Å²) in [6, 6.07) is 14.2. The van der Waals surface area contributed by atoms with E-state index in [1.54, 1.807) is 43.4 Å². The molecule has 13 nitrogen and oxygen atoms in total. The van der Waals surface area contributed by atoms with Crippen LogP contribution in [0.25, 0.3) is 26.5 Å². The first-order chi connectivity index (χ1) is 23.3. The average Bonchev–Trinajstić information content (AvgIpc) is 3.42. The number of nitrogens with one attached hydrogen (secondary N) is 2. The van der Waals surface area contributed by atoms with Gasteiger partial charge in [-0.3, -0.25) is 14.2 Å². The van der Waals surface area contributed by atoms with Crippen LogP contribution in [0.1, 0.15) is 11.1 Å². The molecule has 0 saturated heterocycles. The number of hydrogen-bond donors (Lipinski definition) is 2. The molecule has 0 aliphatic heterocycles. The molecule has 0 unspecified atom stereocenters. The maximum Gasteiger partial charge on any atom is 0.343 e. The zero-order valence-electron chi connectivity index (χ0n) is 26.9. The van der Waals surface area contributed by atoms with Crippen molar-refractivity contribution in [3.8, 4) is 16.3 Å². The van der Waals surface area contributed by atoms with Gasteiger partial charge in [-0.25, -0.2) is 46.1 Å². The molecule has 49 heavy (non-hydrogen) atoms. The predicted octanol–water partition coefficient (Wildman–Crippen LogP) is 3.61. The fraction of sp³-hybridized carbons (Fsp3) is 0.250. The minimum atomic E-state index is -3.45. The highest BCUT2D eigenvalue weighted by atomic mass is 32.2. The van der Waals surface area contributed by atoms with Gasteiger partial charge in [0.2, 0.25) is 10.0 Å². The molecule has 0 fully saturated rings. The summed E-state index contributed by atoms with van der Waals surface area (Å²) in [6.45, 7) is 0.0537. The Labute approximate surface area is 284 Å². The summed E-state index contributed by atoms with van der Waals surface area (Å²) in [5.74, 6) is -1.69. The maximum atomic E-state index is 15.0. The average molecular weight is 714 g/mol. The largest absolute Gasteiger partial charge is 0.343 e. The number of rotatable bonds is 12. The minimum absolute atomic E-state index is 0.0220. The Balaban J connectivity index is 1.75. The molecular weight excluding hydrogens is 681 g/mol. The van der Waals surface area contributed by atoms with Crippen LogP contribution < -0.4 is 22.0 Å². The minimum Gasteiger partial charge on any atom is -0.306 e. The van der Waals surface area contributed by atoms with Gasteiger partial charge >= 0.3 is 11.7 Å². The normalized spacial score (nSPS) is 11.8. The Morgan fingerprint density at radius 1 is 0.980 bits per heavy atom. The van der Waals surface area contributed by atoms with Crippen molar-refractivity contribution in [2.45, 2.75) is 13.1 Å². The molecule has 0 aliphatic rings. The number of fused-ring (bicyclic) bond motifs is 1. The second-order valence-electron chi connectivity index (χ2n) is 11.1. The number of aromatic nitrogens is 3. The molecule has 2 aromatic carbocycles. The number of carbonyl (C=O) groups excluding carboxylic acids is 1. The van der Waals surface area contributed by atoms with E-state index in [9.17, 15) is 31.6 Å². The van der Waals surface area contributed by atoms with E-state index in [-0.39, 0.29) is 41.2 Å². The van der Waals surface area contributed by atoms with Crippen LogP contribution in [0.2, 0.25) is 0 Å². The number of sulfonamides is 1. The Bertz CT molecular complexity index is 2200. The Morgan fingerprint density at radius 2 is 1.67 bits per heavy atom. The molecule has 2 amide bonds. The van der Waals surface area contributed by atoms with Crippen LogP contribution in [0.3, 0.4) is 0 Å². The van der Waals surface area contributed by atoms with E-state index in [1.807, 2.05) is 4.90 Å². The van der Waals surface area contributed by atoms with E-state index in [4.69, 9.17) is 0 Å². The molecule has 5 rings (SSSR count). The van der Waals surface area contributed by atoms with Crippen LogP contribution in [0, 0.1) is 11.6 Å². The van der Waals surface area contributed by atoms with Gasteiger partial charge < -0.3 is 10.2 Å². The van der Waals surface area contributed by atoms with Gasteiger partial charge in [0, 0.05) is 49.0 Å². The van der Waals surface area contributed by atoms with Gasteiger partial charge in [-0.2, -0.15) is 0 Å². The van der Waals surface area contributed by atoms with Gasteiger partial charge in [0.15, 0.2) is 0 Å². The molecule has 3 heterocycles. The quantitative estimate of drug-likeness (QED) is 0.187. The molecule has 5 aromatic rings. The lowest BCUT2D eigenvalue weighted by atomic mass is 10.1. The number of amides is 2. The van der Waals surface area contributed by atoms with Crippen LogP contribution in [0.15, 0.2) is 76.4 Å². The van der Waals surface area contributed by atoms with E-state index < -0.39 is 45.5 Å². The van der Waals surface area contributed by atoms with Crippen molar-refractivity contribution >= 4 is 43.3 Å². The molecule has 2 N–H and O–H groups in total. The fourth-order valence-electron chi connectivity index (χ4n) is 5.10. The highest BCUT2D eigenvalue weighted by molar-refractivity contribution is 7.88. The van der Waals surface area contributed by atoms with Crippen LogP contribution in [0.5, 0.6) is 0 Å². The summed E-state index contributed by atoms with van der Waals surface area (Å²) >= 11 is 1.10. The number of thiophene rings is 1. The topological polar surface area (TPSA) is 148 Å². The summed E-state index contributed by atoms with van der Waals surface area (Å²) in [5, 5.41) is 2.74. The summed E-state index contributed by atoms with van der Waals surface area (Å²) in [7, 11) is 1.07. The van der Waals surface area contributed by atoms with Crippen LogP contribution in [0.4, 0.5) is 19.3 Å². The van der Waals surface area contributed by atoms with Crippen molar-refractivity contribution in [3.05, 3.63) is 110 Å². The molecule has 258 valence electrons. The van der Waals surface area contributed by atoms with E-state index in [1.165, 1.54) is 36.8 Å². The van der Waals surface area contributed by atoms with Crippen molar-refractivity contribution in [1.29, 1.82) is 0 Å². The molecule has 0 saturated carbocycles. The van der Waals surface area contributed by atoms with Crippen molar-refractivity contribution in [3.63, 3.8) is 0 Å². The highest BCUT2D eigenvalue weighted by Crippen LogP contribution is 2.38. The van der Waals surface area contributed by atoms with E-state index in [0.29, 0.717) is 21.7 Å². The molecule has 0 atom stereocenters. The first-order valence-corrected chi connectivity index (χ1v) is 17.4. The maximum absolute atomic E-state index is 15.0. The second-order valence-corrected chi connectivity index (χ2v) is 14.2. The molecule has 0 aliphatic carbocycles. The van der Waals surface area contributed by atoms with Gasteiger partial charge in [0.25, 0.3) is 5.56 Å². The van der Waals surface area contributed by atoms with Gasteiger partial charge in [-0.1, -0.05) is 24.3 Å². The Morgan fingerprint density at radius 3 is 2.29 bits per heavy atom. The third-order valence-corrected chi connectivity index (χ3v) is 10.3. The molecule has 3 aromatic heterocycles. The molecule has 0 radical (unpaired) electrons. The fourth-order valence-corrected chi connectivity index (χ4v) is 6.82. The number of hydrogen-bond acceptors (Lipinski definition) is 9. The van der Waals surface area contributed by atoms with Crippen molar-refractivity contribution in [1.82, 2.24) is 28.8 Å². The number of halogens is 2. The summed E-state index contributed by atoms with van der Waals surface area (Å²) in [6.07, 6.45) is 2.52. The van der Waals surface area contributed by atoms with E-state index in [0.717, 1.165) is 38.9 Å². The van der Waals surface area contributed by atoms with Gasteiger partial charge in [-0.05, 0) is 54.6 Å². The standard InChI is InChI=1S/C32H33F2N7O6S2/c1-38(16-17-39(2)49(4,45)46)18-23-27-29(42)41(26-10-5-6-15-35-26)32(44)40(19-22-24(33)8-7-9-25(22)34)30(27)48-28(23)20-11-13-21(14-12-20)36-31(43)37-47-3/h5-15H,16-19H2,1-4H3,(H2,36,37,43). The van der Waals surface area contributed by atoms with Crippen molar-refractivity contribution < 1.29 is 26.8 Å². The van der Waals surface area contributed by atoms with Crippen LogP contribution in [-0.2, 0) is 28.0 Å². The summed E-state index contributed by atoms with van der Waals surface area (Å²) in [5.41, 5.74) is 1.83. The lowest BCUT2D eigenvalue weighted by molar-refractivity contribution is 0.114. The number of hydroxylamine groups is 1. The van der Waals surface area contributed by atoms with Gasteiger partial charge in [0.1, 0.15) is 22.3 Å². The molecule has 0 bridgehead atoms. The van der Waals surface area contributed by atoms with Crippen molar-refractivity contribution in [2.75, 3.05) is 45.9 Å². The second kappa shape index (κ2) is 14.8. The Kier molecular flexibility index (Phi) is 10.7. The number of pyridine rings is 1. The van der Waals surface area contributed by atoms with Gasteiger partial charge in [-0.15, -0.1) is 11.3 Å². The molecule has 0 spiro atoms. The summed E-state index contributed by atoms with van der Waals surface area (Å²) < 4.78 is 57.2. The summed E-state index contributed by atoms with van der Waals surface area (Å²) in [4.78, 5) is 51.9. The number of carbonyl (C=O) groups is 1. The van der Waals surface area contributed by atoms with Crippen LogP contribution >= 0.6 is 11.3 Å². The first kappa shape index (κ1) is 35.5. The number of nitrogens with zero attached hydrogens (tertiary/aromatic N) is 5. The first-order valence-electron chi connectivity index (χ1n) is 14.8. The van der Waals surface area contributed by atoms with Crippen LogP contribution in [-0.4, -0.2) is 78.3 Å². The molecule has 17 heteroatoms.